The van der Waals surface area contributed by atoms with Gasteiger partial charge in [-0.2, -0.15) is 0 Å². The van der Waals surface area contributed by atoms with Gasteiger partial charge < -0.3 is 14.6 Å². The van der Waals surface area contributed by atoms with E-state index in [0.717, 1.165) is 18.4 Å². The Balaban J connectivity index is 1.97. The van der Waals surface area contributed by atoms with Crippen LogP contribution in [0, 0.1) is 5.92 Å². The number of nitrogens with zero attached hydrogens (tertiary/aromatic N) is 2. The molecular formula is C15H26BN3O2. The standard InChI is InChI=1S/C15H26BN3O2/c1-11(2)7-8-17-13-18-9-12(10-19-13)16-20-14(3,4)15(5,6)21-16/h9-11H,7-8H2,1-6H3,(H,17,18,19). The van der Waals surface area contributed by atoms with Gasteiger partial charge in [0.15, 0.2) is 0 Å². The molecule has 1 aromatic heterocycles. The molecule has 1 aliphatic rings. The summed E-state index contributed by atoms with van der Waals surface area (Å²) in [7, 11) is -0.403. The summed E-state index contributed by atoms with van der Waals surface area (Å²) in [5.41, 5.74) is 0.167. The van der Waals surface area contributed by atoms with Crippen LogP contribution in [-0.2, 0) is 9.31 Å². The molecule has 6 heteroatoms. The SMILES string of the molecule is CC(C)CCNc1ncc(B2OC(C)(C)C(C)(C)O2)cn1. The Labute approximate surface area is 128 Å². The average Bonchev–Trinajstić information content (AvgIpc) is 2.59. The van der Waals surface area contributed by atoms with E-state index in [1.54, 1.807) is 12.4 Å². The van der Waals surface area contributed by atoms with Gasteiger partial charge in [0, 0.05) is 24.4 Å². The molecule has 2 rings (SSSR count). The van der Waals surface area contributed by atoms with Crippen LogP contribution >= 0.6 is 0 Å². The molecule has 0 radical (unpaired) electrons. The maximum atomic E-state index is 5.98. The average molecular weight is 291 g/mol. The second-order valence-corrected chi connectivity index (χ2v) is 7.04. The highest BCUT2D eigenvalue weighted by Gasteiger charge is 2.51. The summed E-state index contributed by atoms with van der Waals surface area (Å²) < 4.78 is 12.0. The van der Waals surface area contributed by atoms with Crippen LogP contribution in [0.1, 0.15) is 48.0 Å². The lowest BCUT2D eigenvalue weighted by Gasteiger charge is -2.32. The molecule has 1 aliphatic heterocycles. The molecule has 21 heavy (non-hydrogen) atoms. The minimum absolute atomic E-state index is 0.341. The molecule has 1 aromatic rings. The van der Waals surface area contributed by atoms with Crippen molar-refractivity contribution in [3.63, 3.8) is 0 Å². The lowest BCUT2D eigenvalue weighted by atomic mass is 9.81. The molecule has 0 aromatic carbocycles. The Morgan fingerprint density at radius 1 is 1.10 bits per heavy atom. The van der Waals surface area contributed by atoms with Crippen LogP contribution in [0.3, 0.4) is 0 Å². The first-order valence-corrected chi connectivity index (χ1v) is 7.63. The van der Waals surface area contributed by atoms with E-state index in [4.69, 9.17) is 9.31 Å². The Kier molecular flexibility index (Phi) is 4.59. The molecule has 116 valence electrons. The highest BCUT2D eigenvalue weighted by Crippen LogP contribution is 2.36. The lowest BCUT2D eigenvalue weighted by Crippen LogP contribution is -2.41. The number of rotatable bonds is 5. The zero-order valence-electron chi connectivity index (χ0n) is 13.9. The topological polar surface area (TPSA) is 56.3 Å². The highest BCUT2D eigenvalue weighted by atomic mass is 16.7. The predicted octanol–water partition coefficient (Wildman–Crippen LogP) is 2.23. The molecule has 1 fully saturated rings. The Hall–Kier alpha value is -1.14. The maximum Gasteiger partial charge on any atom is 0.498 e. The second-order valence-electron chi connectivity index (χ2n) is 7.04. The Morgan fingerprint density at radius 3 is 2.10 bits per heavy atom. The number of aromatic nitrogens is 2. The van der Waals surface area contributed by atoms with E-state index < -0.39 is 7.12 Å². The van der Waals surface area contributed by atoms with Gasteiger partial charge in [-0.05, 0) is 40.0 Å². The first-order valence-electron chi connectivity index (χ1n) is 7.63. The molecule has 0 atom stereocenters. The van der Waals surface area contributed by atoms with Gasteiger partial charge >= 0.3 is 7.12 Å². The van der Waals surface area contributed by atoms with Gasteiger partial charge in [-0.3, -0.25) is 0 Å². The molecule has 0 bridgehead atoms. The molecule has 1 saturated heterocycles. The molecule has 0 aliphatic carbocycles. The van der Waals surface area contributed by atoms with Gasteiger partial charge in [-0.15, -0.1) is 0 Å². The lowest BCUT2D eigenvalue weighted by molar-refractivity contribution is 0.00578. The third-order valence-electron chi connectivity index (χ3n) is 4.20. The van der Waals surface area contributed by atoms with Crippen molar-refractivity contribution >= 4 is 18.5 Å². The van der Waals surface area contributed by atoms with Crippen LogP contribution in [0.5, 0.6) is 0 Å². The Bertz CT molecular complexity index is 458. The fourth-order valence-electron chi connectivity index (χ4n) is 2.00. The quantitative estimate of drug-likeness (QED) is 0.843. The van der Waals surface area contributed by atoms with E-state index in [1.807, 2.05) is 27.7 Å². The number of anilines is 1. The van der Waals surface area contributed by atoms with E-state index >= 15 is 0 Å². The molecule has 0 spiro atoms. The van der Waals surface area contributed by atoms with E-state index in [2.05, 4.69) is 29.1 Å². The van der Waals surface area contributed by atoms with Crippen molar-refractivity contribution in [2.24, 2.45) is 5.92 Å². The zero-order chi connectivity index (χ0) is 15.7. The van der Waals surface area contributed by atoms with Gasteiger partial charge in [0.1, 0.15) is 0 Å². The van der Waals surface area contributed by atoms with Crippen LogP contribution in [0.2, 0.25) is 0 Å². The molecule has 1 N–H and O–H groups in total. The third-order valence-corrected chi connectivity index (χ3v) is 4.20. The second kappa shape index (κ2) is 5.93. The van der Waals surface area contributed by atoms with Gasteiger partial charge in [0.05, 0.1) is 11.2 Å². The predicted molar refractivity (Wildman–Crippen MR) is 85.7 cm³/mol. The van der Waals surface area contributed by atoms with Crippen molar-refractivity contribution in [2.75, 3.05) is 11.9 Å². The van der Waals surface area contributed by atoms with Crippen LogP contribution in [0.15, 0.2) is 12.4 Å². The van der Waals surface area contributed by atoms with Crippen molar-refractivity contribution in [1.29, 1.82) is 0 Å². The van der Waals surface area contributed by atoms with Crippen molar-refractivity contribution < 1.29 is 9.31 Å². The van der Waals surface area contributed by atoms with Crippen LogP contribution in [0.4, 0.5) is 5.95 Å². The smallest absolute Gasteiger partial charge is 0.399 e. The number of hydrogen-bond donors (Lipinski definition) is 1. The van der Waals surface area contributed by atoms with Crippen molar-refractivity contribution in [3.05, 3.63) is 12.4 Å². The summed E-state index contributed by atoms with van der Waals surface area (Å²) in [5.74, 6) is 1.32. The molecule has 0 unspecified atom stereocenters. The largest absolute Gasteiger partial charge is 0.498 e. The summed E-state index contributed by atoms with van der Waals surface area (Å²) in [4.78, 5) is 8.67. The monoisotopic (exact) mass is 291 g/mol. The van der Waals surface area contributed by atoms with Crippen molar-refractivity contribution in [2.45, 2.75) is 59.2 Å². The summed E-state index contributed by atoms with van der Waals surface area (Å²) in [6, 6.07) is 0. The van der Waals surface area contributed by atoms with Crippen molar-refractivity contribution in [1.82, 2.24) is 9.97 Å². The van der Waals surface area contributed by atoms with E-state index in [0.29, 0.717) is 11.9 Å². The first kappa shape index (κ1) is 16.2. The molecule has 2 heterocycles. The molecule has 0 saturated carbocycles. The van der Waals surface area contributed by atoms with Gasteiger partial charge in [-0.25, -0.2) is 9.97 Å². The fourth-order valence-corrected chi connectivity index (χ4v) is 2.00. The van der Waals surface area contributed by atoms with Gasteiger partial charge in [0.2, 0.25) is 5.95 Å². The van der Waals surface area contributed by atoms with E-state index in [-0.39, 0.29) is 11.2 Å². The van der Waals surface area contributed by atoms with Crippen LogP contribution in [0.25, 0.3) is 0 Å². The van der Waals surface area contributed by atoms with Gasteiger partial charge in [0.25, 0.3) is 0 Å². The number of nitrogens with one attached hydrogen (secondary N) is 1. The third kappa shape index (κ3) is 3.74. The zero-order valence-corrected chi connectivity index (χ0v) is 13.9. The van der Waals surface area contributed by atoms with Gasteiger partial charge in [-0.1, -0.05) is 13.8 Å². The minimum Gasteiger partial charge on any atom is -0.399 e. The summed E-state index contributed by atoms with van der Waals surface area (Å²) in [5, 5.41) is 3.22. The van der Waals surface area contributed by atoms with Crippen LogP contribution < -0.4 is 10.8 Å². The van der Waals surface area contributed by atoms with Crippen LogP contribution in [-0.4, -0.2) is 34.8 Å². The summed E-state index contributed by atoms with van der Waals surface area (Å²) in [6.45, 7) is 13.4. The minimum atomic E-state index is -0.403. The van der Waals surface area contributed by atoms with E-state index in [1.165, 1.54) is 0 Å². The maximum absolute atomic E-state index is 5.98. The molecule has 5 nitrogen and oxygen atoms in total. The summed E-state index contributed by atoms with van der Waals surface area (Å²) in [6.07, 6.45) is 4.64. The Morgan fingerprint density at radius 2 is 1.62 bits per heavy atom. The fraction of sp³-hybridized carbons (Fsp3) is 0.733. The molecular weight excluding hydrogens is 265 g/mol. The first-order chi connectivity index (χ1) is 9.71. The number of hydrogen-bond acceptors (Lipinski definition) is 5. The van der Waals surface area contributed by atoms with E-state index in [9.17, 15) is 0 Å². The highest BCUT2D eigenvalue weighted by molar-refractivity contribution is 6.61. The molecule has 0 amide bonds. The van der Waals surface area contributed by atoms with Crippen molar-refractivity contribution in [3.8, 4) is 0 Å². The normalized spacial score (nSPS) is 20.0. The summed E-state index contributed by atoms with van der Waals surface area (Å²) >= 11 is 0.